The van der Waals surface area contributed by atoms with Crippen LogP contribution in [-0.4, -0.2) is 76.8 Å². The highest BCUT2D eigenvalue weighted by Gasteiger charge is 2.45. The Hall–Kier alpha value is -3.71. The molecule has 5 atom stereocenters. The quantitative estimate of drug-likeness (QED) is 0.272. The van der Waals surface area contributed by atoms with Gasteiger partial charge in [-0.15, -0.1) is 0 Å². The van der Waals surface area contributed by atoms with Gasteiger partial charge in [-0.1, -0.05) is 18.2 Å². The predicted molar refractivity (Wildman–Crippen MR) is 117 cm³/mol. The van der Waals surface area contributed by atoms with Crippen LogP contribution in [0.25, 0.3) is 12.2 Å². The molecular weight excluding hydrogens is 468 g/mol. The summed E-state index contributed by atoms with van der Waals surface area (Å²) in [5, 5.41) is 39.0. The summed E-state index contributed by atoms with van der Waals surface area (Å²) in [5.41, 5.74) is 0.160. The Morgan fingerprint density at radius 1 is 1.00 bits per heavy atom. The van der Waals surface area contributed by atoms with Crippen LogP contribution in [-0.2, 0) is 19.1 Å². The van der Waals surface area contributed by atoms with Gasteiger partial charge in [-0.25, -0.2) is 4.79 Å². The van der Waals surface area contributed by atoms with E-state index in [9.17, 15) is 29.7 Å². The molecule has 0 radical (unpaired) electrons. The second-order valence-corrected chi connectivity index (χ2v) is 7.51. The van der Waals surface area contributed by atoms with E-state index in [-0.39, 0.29) is 11.5 Å². The van der Waals surface area contributed by atoms with E-state index in [0.29, 0.717) is 11.3 Å². The number of esters is 1. The van der Waals surface area contributed by atoms with Crippen molar-refractivity contribution in [1.82, 2.24) is 0 Å². The Morgan fingerprint density at radius 3 is 2.37 bits per heavy atom. The number of ether oxygens (including phenoxy) is 4. The Kier molecular flexibility index (Phi) is 8.60. The van der Waals surface area contributed by atoms with Crippen LogP contribution in [0.1, 0.15) is 17.7 Å². The summed E-state index contributed by atoms with van der Waals surface area (Å²) in [7, 11) is 1.43. The minimum absolute atomic E-state index is 0.254. The zero-order valence-electron chi connectivity index (χ0n) is 18.5. The van der Waals surface area contributed by atoms with E-state index >= 15 is 0 Å². The van der Waals surface area contributed by atoms with Gasteiger partial charge in [-0.05, 0) is 23.8 Å². The van der Waals surface area contributed by atoms with Crippen molar-refractivity contribution < 1.29 is 53.4 Å². The van der Waals surface area contributed by atoms with Crippen molar-refractivity contribution in [3.05, 3.63) is 58.1 Å². The number of benzene rings is 1. The standard InChI is InChI=1S/C23H24O12/c1-31-15-8-14(33-19(27)9-15)7-4-12-2-5-13(6-3-12)34-23-22(30)21(29)20(28)16(35-23)11-32-18(26)10-17(24)25/h2-9,16,20-23,28-30H,10-11H2,1H3,(H,24,25)/b7-4+/t16-,20-,21+,22-,23-/m1/s1. The summed E-state index contributed by atoms with van der Waals surface area (Å²) in [4.78, 5) is 33.5. The zero-order valence-corrected chi connectivity index (χ0v) is 18.5. The molecule has 0 saturated carbocycles. The Morgan fingerprint density at radius 2 is 1.71 bits per heavy atom. The van der Waals surface area contributed by atoms with Gasteiger partial charge in [-0.2, -0.15) is 0 Å². The van der Waals surface area contributed by atoms with E-state index in [1.54, 1.807) is 42.5 Å². The zero-order chi connectivity index (χ0) is 25.5. The van der Waals surface area contributed by atoms with Gasteiger partial charge in [0.15, 0.2) is 0 Å². The molecule has 2 aromatic rings. The topological polar surface area (TPSA) is 182 Å². The summed E-state index contributed by atoms with van der Waals surface area (Å²) in [6, 6.07) is 9.19. The maximum atomic E-state index is 11.5. The molecule has 35 heavy (non-hydrogen) atoms. The number of hydrogen-bond donors (Lipinski definition) is 4. The van der Waals surface area contributed by atoms with E-state index in [4.69, 9.17) is 28.5 Å². The molecule has 1 aromatic carbocycles. The first-order valence-electron chi connectivity index (χ1n) is 10.4. The maximum absolute atomic E-state index is 11.5. The smallest absolute Gasteiger partial charge is 0.339 e. The lowest BCUT2D eigenvalue weighted by Gasteiger charge is -2.39. The summed E-state index contributed by atoms with van der Waals surface area (Å²) >= 11 is 0. The average Bonchev–Trinajstić information content (AvgIpc) is 2.82. The molecule has 0 aliphatic carbocycles. The summed E-state index contributed by atoms with van der Waals surface area (Å²) in [6.07, 6.45) is -5.20. The Labute approximate surface area is 198 Å². The molecule has 0 amide bonds. The minimum Gasteiger partial charge on any atom is -0.496 e. The number of hydrogen-bond acceptors (Lipinski definition) is 11. The van der Waals surface area contributed by atoms with Crippen LogP contribution in [0.15, 0.2) is 45.6 Å². The van der Waals surface area contributed by atoms with Gasteiger partial charge in [-0.3, -0.25) is 9.59 Å². The molecule has 1 fully saturated rings. The number of methoxy groups -OCH3 is 1. The monoisotopic (exact) mass is 492 g/mol. The van der Waals surface area contributed by atoms with Gasteiger partial charge in [0.1, 0.15) is 54.7 Å². The largest absolute Gasteiger partial charge is 0.496 e. The Balaban J connectivity index is 1.63. The minimum atomic E-state index is -1.67. The molecule has 1 saturated heterocycles. The Bertz CT molecular complexity index is 1110. The molecule has 4 N–H and O–H groups in total. The third-order valence-corrected chi connectivity index (χ3v) is 4.94. The molecule has 12 nitrogen and oxygen atoms in total. The average molecular weight is 492 g/mol. The van der Waals surface area contributed by atoms with Crippen molar-refractivity contribution in [2.45, 2.75) is 37.1 Å². The first kappa shape index (κ1) is 25.9. The molecule has 1 aromatic heterocycles. The lowest BCUT2D eigenvalue weighted by molar-refractivity contribution is -0.278. The SMILES string of the molecule is COc1cc(/C=C/c2ccc(O[C@@H]3O[C@H](COC(=O)CC(=O)O)[C@@H](O)[C@H](O)[C@H]3O)cc2)oc(=O)c1. The van der Waals surface area contributed by atoms with Crippen molar-refractivity contribution in [2.75, 3.05) is 13.7 Å². The van der Waals surface area contributed by atoms with E-state index in [1.807, 2.05) is 0 Å². The van der Waals surface area contributed by atoms with Gasteiger partial charge in [0, 0.05) is 6.07 Å². The predicted octanol–water partition coefficient (Wildman–Crippen LogP) is 0.0231. The van der Waals surface area contributed by atoms with Gasteiger partial charge in [0.25, 0.3) is 0 Å². The molecule has 0 spiro atoms. The number of carbonyl (C=O) groups excluding carboxylic acids is 1. The van der Waals surface area contributed by atoms with Crippen LogP contribution in [0.2, 0.25) is 0 Å². The number of carbonyl (C=O) groups is 2. The van der Waals surface area contributed by atoms with Crippen LogP contribution < -0.4 is 15.1 Å². The molecule has 188 valence electrons. The second kappa shape index (κ2) is 11.6. The van der Waals surface area contributed by atoms with Crippen LogP contribution in [0.4, 0.5) is 0 Å². The molecule has 1 aliphatic heterocycles. The molecule has 0 unspecified atom stereocenters. The van der Waals surface area contributed by atoms with Crippen molar-refractivity contribution in [3.63, 3.8) is 0 Å². The molecule has 1 aliphatic rings. The normalized spacial score (nSPS) is 24.2. The summed E-state index contributed by atoms with van der Waals surface area (Å²) < 4.78 is 25.8. The number of carboxylic acid groups (broad SMARTS) is 1. The van der Waals surface area contributed by atoms with Crippen LogP contribution in [0, 0.1) is 0 Å². The number of carboxylic acids is 1. The molecular formula is C23H24O12. The first-order chi connectivity index (χ1) is 16.7. The molecule has 12 heteroatoms. The van der Waals surface area contributed by atoms with Gasteiger partial charge < -0.3 is 43.8 Å². The van der Waals surface area contributed by atoms with Crippen molar-refractivity contribution >= 4 is 24.1 Å². The van der Waals surface area contributed by atoms with E-state index in [0.717, 1.165) is 0 Å². The lowest BCUT2D eigenvalue weighted by atomic mass is 9.99. The second-order valence-electron chi connectivity index (χ2n) is 7.51. The number of rotatable bonds is 9. The molecule has 3 rings (SSSR count). The molecule has 2 heterocycles. The lowest BCUT2D eigenvalue weighted by Crippen LogP contribution is -2.60. The van der Waals surface area contributed by atoms with Gasteiger partial charge in [0.2, 0.25) is 6.29 Å². The van der Waals surface area contributed by atoms with Crippen LogP contribution in [0.5, 0.6) is 11.5 Å². The fourth-order valence-corrected chi connectivity index (χ4v) is 3.14. The highest BCUT2D eigenvalue weighted by molar-refractivity contribution is 5.90. The number of aliphatic hydroxyl groups excluding tert-OH is 3. The fraction of sp³-hybridized carbons (Fsp3) is 0.348. The summed E-state index contributed by atoms with van der Waals surface area (Å²) in [5.74, 6) is -1.54. The van der Waals surface area contributed by atoms with Crippen molar-refractivity contribution in [2.24, 2.45) is 0 Å². The third-order valence-electron chi connectivity index (χ3n) is 4.94. The summed E-state index contributed by atoms with van der Waals surface area (Å²) in [6.45, 7) is -0.555. The molecule has 0 bridgehead atoms. The van der Waals surface area contributed by atoms with Gasteiger partial charge in [0.05, 0.1) is 13.2 Å². The van der Waals surface area contributed by atoms with Crippen LogP contribution in [0.3, 0.4) is 0 Å². The van der Waals surface area contributed by atoms with Crippen LogP contribution >= 0.6 is 0 Å². The highest BCUT2D eigenvalue weighted by atomic mass is 16.7. The maximum Gasteiger partial charge on any atom is 0.339 e. The van der Waals surface area contributed by atoms with E-state index in [1.165, 1.54) is 13.2 Å². The number of aliphatic carboxylic acids is 1. The highest BCUT2D eigenvalue weighted by Crippen LogP contribution is 2.25. The fourth-order valence-electron chi connectivity index (χ4n) is 3.14. The third kappa shape index (κ3) is 7.13. The van der Waals surface area contributed by atoms with E-state index < -0.39 is 61.3 Å². The van der Waals surface area contributed by atoms with Crippen molar-refractivity contribution in [1.29, 1.82) is 0 Å². The van der Waals surface area contributed by atoms with Crippen molar-refractivity contribution in [3.8, 4) is 11.5 Å². The first-order valence-corrected chi connectivity index (χ1v) is 10.4. The number of aliphatic hydroxyl groups is 3. The van der Waals surface area contributed by atoms with Gasteiger partial charge >= 0.3 is 17.6 Å². The van der Waals surface area contributed by atoms with E-state index in [2.05, 4.69) is 0 Å².